The van der Waals surface area contributed by atoms with E-state index in [9.17, 15) is 0 Å². The number of rotatable bonds is 16. The molecule has 0 spiro atoms. The zero-order valence-corrected chi connectivity index (χ0v) is 79.5. The Morgan fingerprint density at radius 3 is 0.860 bits per heavy atom. The summed E-state index contributed by atoms with van der Waals surface area (Å²) in [5.41, 5.74) is 38.0. The van der Waals surface area contributed by atoms with E-state index in [4.69, 9.17) is 9.97 Å². The molecule has 0 aliphatic rings. The minimum Gasteiger partial charge on any atom is -0.333 e. The third-order valence-corrected chi connectivity index (χ3v) is 25.1. The molecule has 0 unspecified atom stereocenters. The van der Waals surface area contributed by atoms with Crippen LogP contribution >= 0.6 is 0 Å². The second kappa shape index (κ2) is 32.5. The van der Waals surface area contributed by atoms with Gasteiger partial charge in [0, 0.05) is 53.7 Å². The van der Waals surface area contributed by atoms with Crippen LogP contribution in [0.2, 0.25) is 0 Å². The number of nitrogens with zero attached hydrogens (tertiary/aromatic N) is 4. The number of fused-ring (bicyclic) bond motifs is 12. The smallest absolute Gasteiger partial charge is 0.145 e. The minimum atomic E-state index is 0. The Kier molecular flexibility index (Phi) is 23.4. The maximum Gasteiger partial charge on any atom is 0.145 e. The fourth-order valence-corrected chi connectivity index (χ4v) is 21.5. The summed E-state index contributed by atoms with van der Waals surface area (Å²) in [6.07, 6.45) is 8.60. The zero-order valence-electron chi connectivity index (χ0n) is 77.1. The molecule has 121 heavy (non-hydrogen) atoms. The van der Waals surface area contributed by atoms with Crippen molar-refractivity contribution in [3.8, 4) is 89.3 Å². The first kappa shape index (κ1) is 87.1. The van der Waals surface area contributed by atoms with E-state index in [1.807, 2.05) is 6.07 Å². The fraction of sp³-hybridized carbons (Fsp3) is 0.328. The van der Waals surface area contributed by atoms with Crippen LogP contribution in [-0.2, 0) is 41.8 Å². The molecular weight excluding hydrogens is 1640 g/mol. The molecule has 4 aromatic heterocycles. The third kappa shape index (κ3) is 18.3. The average Bonchev–Trinajstić information content (AvgIpc) is 1.66. The van der Waals surface area contributed by atoms with Gasteiger partial charge in [0.05, 0.1) is 28.7 Å². The molecule has 0 fully saturated rings. The molecule has 0 saturated carbocycles. The van der Waals surface area contributed by atoms with Gasteiger partial charge in [0.1, 0.15) is 5.65 Å². The number of hydrogen-bond acceptors (Lipinski definition) is 2. The molecule has 0 N–H and O–H groups in total. The molecule has 621 valence electrons. The summed E-state index contributed by atoms with van der Waals surface area (Å²) in [6.45, 7) is 60.3. The molecule has 0 aliphatic heterocycles. The summed E-state index contributed by atoms with van der Waals surface area (Å²) in [6, 6.07) is 93.6. The van der Waals surface area contributed by atoms with Gasteiger partial charge in [-0.25, -0.2) is 4.98 Å². The monoisotopic (exact) mass is 1770 g/mol. The predicted molar refractivity (Wildman–Crippen MR) is 520 cm³/mol. The Morgan fingerprint density at radius 2 is 0.537 bits per heavy atom. The molecule has 4 nitrogen and oxygen atoms in total. The standard InChI is InChI=1S/C58H64N2.C58H63N2.Ir/c2*1-37-28-38(2)53(39(3)29-37)52-34-59-54-49-17-15-14-16-48(49)50-33-42(22-27-51(50)60(52)54)45-31-43(40-18-23-46(24-19-40)57(10,11)35-55(4,5)6)30-44(32-45)41-20-25-47(26-21-41)58(12,13)36-56(7,8)9;/h14-34H,35-36H2,1-13H3;14-16,18-34H,35-36H2,1-13H3;/q;-1;. The number of pyridine rings is 2. The molecule has 5 heteroatoms. The van der Waals surface area contributed by atoms with Gasteiger partial charge >= 0.3 is 0 Å². The molecule has 0 amide bonds. The third-order valence-electron chi connectivity index (χ3n) is 25.1. The van der Waals surface area contributed by atoms with Gasteiger partial charge in [0.25, 0.3) is 0 Å². The van der Waals surface area contributed by atoms with Crippen LogP contribution < -0.4 is 0 Å². The first-order chi connectivity index (χ1) is 56.3. The number of aryl methyl sites for hydroxylation is 6. The van der Waals surface area contributed by atoms with Crippen LogP contribution in [0.1, 0.15) is 220 Å². The summed E-state index contributed by atoms with van der Waals surface area (Å²) in [5, 5.41) is 6.99. The summed E-state index contributed by atoms with van der Waals surface area (Å²) < 4.78 is 4.75. The molecule has 0 bridgehead atoms. The molecule has 16 rings (SSSR count). The van der Waals surface area contributed by atoms with Crippen LogP contribution in [0.4, 0.5) is 0 Å². The van der Waals surface area contributed by atoms with Gasteiger partial charge in [0.15, 0.2) is 0 Å². The van der Waals surface area contributed by atoms with Crippen molar-refractivity contribution >= 4 is 54.6 Å². The summed E-state index contributed by atoms with van der Waals surface area (Å²) in [5.74, 6) is 0. The summed E-state index contributed by atoms with van der Waals surface area (Å²) in [4.78, 5) is 10.1. The summed E-state index contributed by atoms with van der Waals surface area (Å²) >= 11 is 0. The van der Waals surface area contributed by atoms with E-state index in [0.717, 1.165) is 75.6 Å². The average molecular weight is 1770 g/mol. The molecule has 16 aromatic rings. The van der Waals surface area contributed by atoms with Gasteiger partial charge in [0.2, 0.25) is 0 Å². The Labute approximate surface area is 737 Å². The first-order valence-electron chi connectivity index (χ1n) is 43.8. The Bertz CT molecular complexity index is 5950. The summed E-state index contributed by atoms with van der Waals surface area (Å²) in [7, 11) is 0. The van der Waals surface area contributed by atoms with E-state index in [-0.39, 0.29) is 63.4 Å². The fourth-order valence-electron chi connectivity index (χ4n) is 21.5. The Hall–Kier alpha value is -10.3. The minimum absolute atomic E-state index is 0. The van der Waals surface area contributed by atoms with Crippen LogP contribution in [0.15, 0.2) is 249 Å². The van der Waals surface area contributed by atoms with Crippen LogP contribution in [0.3, 0.4) is 0 Å². The SMILES string of the molecule is Cc1cc(C)c(-c2cnc3c4[c-]cccc4c4cc(-c5cc(-c6ccc(C(C)(C)CC(C)(C)C)cc6)cc(-c6ccc(C(C)(C)CC(C)(C)C)cc6)c5)ccc4n23)c(C)c1.Cc1cc(C)c(-c2cnc3c4ccccc4c4cc(-c5cc(-c6ccc(C(C)(C)CC(C)(C)C)cc6)cc(-c6ccc(C(C)(C)CC(C)(C)C)cc6)c5)ccc4n23)c(C)c1.[Ir]. The number of aromatic nitrogens is 4. The largest absolute Gasteiger partial charge is 0.333 e. The Balaban J connectivity index is 0.000000196. The van der Waals surface area contributed by atoms with Crippen molar-refractivity contribution in [1.82, 2.24) is 18.8 Å². The van der Waals surface area contributed by atoms with Crippen molar-refractivity contribution < 1.29 is 20.1 Å². The van der Waals surface area contributed by atoms with Gasteiger partial charge in [-0.05, 0) is 287 Å². The molecule has 0 atom stereocenters. The van der Waals surface area contributed by atoms with Crippen molar-refractivity contribution in [3.63, 3.8) is 0 Å². The van der Waals surface area contributed by atoms with Gasteiger partial charge < -0.3 is 4.40 Å². The van der Waals surface area contributed by atoms with Crippen LogP contribution in [-0.4, -0.2) is 18.8 Å². The van der Waals surface area contributed by atoms with Gasteiger partial charge in [-0.1, -0.05) is 319 Å². The molecule has 1 radical (unpaired) electrons. The topological polar surface area (TPSA) is 34.6 Å². The first-order valence-corrected chi connectivity index (χ1v) is 43.8. The van der Waals surface area contributed by atoms with E-state index in [1.165, 1.54) is 150 Å². The van der Waals surface area contributed by atoms with Crippen molar-refractivity contribution in [2.45, 2.75) is 227 Å². The van der Waals surface area contributed by atoms with Gasteiger partial charge in [-0.3, -0.25) is 9.38 Å². The molecule has 4 heterocycles. The van der Waals surface area contributed by atoms with Crippen LogP contribution in [0.5, 0.6) is 0 Å². The molecule has 12 aromatic carbocycles. The van der Waals surface area contributed by atoms with Gasteiger partial charge in [-0.2, -0.15) is 0 Å². The number of imidazole rings is 2. The molecule has 0 saturated heterocycles. The molecular formula is C116H127IrN4-. The van der Waals surface area contributed by atoms with Crippen LogP contribution in [0.25, 0.3) is 144 Å². The zero-order chi connectivity index (χ0) is 85.9. The van der Waals surface area contributed by atoms with Crippen LogP contribution in [0, 0.1) is 69.3 Å². The van der Waals surface area contributed by atoms with Crippen molar-refractivity contribution in [1.29, 1.82) is 0 Å². The van der Waals surface area contributed by atoms with Gasteiger partial charge in [-0.15, -0.1) is 29.7 Å². The number of hydrogen-bond donors (Lipinski definition) is 0. The van der Waals surface area contributed by atoms with E-state index in [1.54, 1.807) is 0 Å². The Morgan fingerprint density at radius 1 is 0.264 bits per heavy atom. The quantitative estimate of drug-likeness (QED) is 0.0714. The number of benzene rings is 12. The predicted octanol–water partition coefficient (Wildman–Crippen LogP) is 33.1. The second-order valence-corrected chi connectivity index (χ2v) is 43.0. The van der Waals surface area contributed by atoms with Crippen molar-refractivity contribution in [3.05, 3.63) is 311 Å². The van der Waals surface area contributed by atoms with Crippen molar-refractivity contribution in [2.75, 3.05) is 0 Å². The van der Waals surface area contributed by atoms with E-state index in [0.29, 0.717) is 0 Å². The van der Waals surface area contributed by atoms with E-state index < -0.39 is 0 Å². The van der Waals surface area contributed by atoms with Crippen molar-refractivity contribution in [2.24, 2.45) is 21.7 Å². The second-order valence-electron chi connectivity index (χ2n) is 43.0. The maximum atomic E-state index is 5.09. The van der Waals surface area contributed by atoms with E-state index in [2.05, 4.69) is 438 Å². The maximum absolute atomic E-state index is 5.09. The molecule has 0 aliphatic carbocycles. The van der Waals surface area contributed by atoms with E-state index >= 15 is 0 Å². The normalized spacial score (nSPS) is 12.8.